The van der Waals surface area contributed by atoms with Crippen LogP contribution in [0.15, 0.2) is 24.4 Å². The molecule has 1 unspecified atom stereocenters. The van der Waals surface area contributed by atoms with Crippen LogP contribution < -0.4 is 5.32 Å². The van der Waals surface area contributed by atoms with Gasteiger partial charge < -0.3 is 10.2 Å². The van der Waals surface area contributed by atoms with Crippen molar-refractivity contribution in [2.75, 3.05) is 6.54 Å². The molecule has 2 heterocycles. The molecule has 0 aliphatic carbocycles. The molecule has 2 saturated heterocycles. The van der Waals surface area contributed by atoms with Gasteiger partial charge in [-0.05, 0) is 26.7 Å². The highest BCUT2D eigenvalue weighted by Crippen LogP contribution is 2.19. The number of amides is 2. The minimum Gasteiger partial charge on any atom is -0.350 e. The van der Waals surface area contributed by atoms with Crippen LogP contribution in [0, 0.1) is 0 Å². The summed E-state index contributed by atoms with van der Waals surface area (Å²) in [6.07, 6.45) is 2.32. The molecule has 0 saturated carbocycles. The SMILES string of the molecule is C=C1CC(C)NC1=O.C=C1CCC(=O)N1CC. The highest BCUT2D eigenvalue weighted by Gasteiger charge is 2.21. The molecule has 4 heteroatoms. The fourth-order valence-electron chi connectivity index (χ4n) is 1.94. The first-order valence-corrected chi connectivity index (χ1v) is 5.92. The predicted octanol–water partition coefficient (Wildman–Crippen LogP) is 1.59. The third-order valence-corrected chi connectivity index (χ3v) is 2.88. The van der Waals surface area contributed by atoms with E-state index in [4.69, 9.17) is 0 Å². The molecule has 0 spiro atoms. The molecule has 2 amide bonds. The molecule has 0 aromatic rings. The summed E-state index contributed by atoms with van der Waals surface area (Å²) in [6.45, 7) is 12.0. The highest BCUT2D eigenvalue weighted by molar-refractivity contribution is 5.95. The number of nitrogens with one attached hydrogen (secondary N) is 1. The van der Waals surface area contributed by atoms with Gasteiger partial charge in [0.15, 0.2) is 0 Å². The average Bonchev–Trinajstić information content (AvgIpc) is 2.72. The Balaban J connectivity index is 0.000000171. The van der Waals surface area contributed by atoms with Crippen LogP contribution in [0.2, 0.25) is 0 Å². The third kappa shape index (κ3) is 3.44. The molecular weight excluding hydrogens is 216 g/mol. The molecular formula is C13H20N2O2. The smallest absolute Gasteiger partial charge is 0.246 e. The molecule has 2 aliphatic heterocycles. The molecule has 1 atom stereocenters. The highest BCUT2D eigenvalue weighted by atomic mass is 16.2. The lowest BCUT2D eigenvalue weighted by Crippen LogP contribution is -2.21. The Bertz CT molecular complexity index is 328. The third-order valence-electron chi connectivity index (χ3n) is 2.88. The van der Waals surface area contributed by atoms with E-state index in [0.717, 1.165) is 25.1 Å². The van der Waals surface area contributed by atoms with E-state index in [-0.39, 0.29) is 11.8 Å². The molecule has 2 rings (SSSR count). The van der Waals surface area contributed by atoms with Crippen molar-refractivity contribution in [1.82, 2.24) is 10.2 Å². The van der Waals surface area contributed by atoms with Gasteiger partial charge >= 0.3 is 0 Å². The maximum absolute atomic E-state index is 10.9. The van der Waals surface area contributed by atoms with Crippen molar-refractivity contribution in [3.8, 4) is 0 Å². The number of likely N-dealkylation sites (tertiary alicyclic amines) is 1. The minimum atomic E-state index is 0.0116. The van der Waals surface area contributed by atoms with Gasteiger partial charge in [-0.3, -0.25) is 9.59 Å². The van der Waals surface area contributed by atoms with Crippen LogP contribution in [-0.4, -0.2) is 29.3 Å². The van der Waals surface area contributed by atoms with Crippen molar-refractivity contribution in [2.45, 2.75) is 39.2 Å². The van der Waals surface area contributed by atoms with E-state index in [1.165, 1.54) is 0 Å². The molecule has 0 aromatic carbocycles. The second kappa shape index (κ2) is 5.66. The molecule has 1 N–H and O–H groups in total. The number of allylic oxidation sites excluding steroid dienone is 1. The van der Waals surface area contributed by atoms with Gasteiger partial charge in [0.05, 0.1) is 0 Å². The average molecular weight is 236 g/mol. The van der Waals surface area contributed by atoms with Crippen LogP contribution in [0.25, 0.3) is 0 Å². The monoisotopic (exact) mass is 236 g/mol. The van der Waals surface area contributed by atoms with E-state index < -0.39 is 0 Å². The van der Waals surface area contributed by atoms with Gasteiger partial charge in [-0.1, -0.05) is 13.2 Å². The molecule has 0 bridgehead atoms. The van der Waals surface area contributed by atoms with E-state index in [1.807, 2.05) is 13.8 Å². The first-order valence-electron chi connectivity index (χ1n) is 5.92. The first-order chi connectivity index (χ1) is 7.95. The quantitative estimate of drug-likeness (QED) is 0.703. The minimum absolute atomic E-state index is 0.0116. The zero-order valence-electron chi connectivity index (χ0n) is 10.6. The summed E-state index contributed by atoms with van der Waals surface area (Å²) in [7, 11) is 0. The Morgan fingerprint density at radius 2 is 2.00 bits per heavy atom. The summed E-state index contributed by atoms with van der Waals surface area (Å²) < 4.78 is 0. The van der Waals surface area contributed by atoms with Gasteiger partial charge in [0.25, 0.3) is 0 Å². The van der Waals surface area contributed by atoms with E-state index in [9.17, 15) is 9.59 Å². The van der Waals surface area contributed by atoms with Crippen LogP contribution in [0.4, 0.5) is 0 Å². The summed E-state index contributed by atoms with van der Waals surface area (Å²) >= 11 is 0. The zero-order valence-corrected chi connectivity index (χ0v) is 10.6. The summed E-state index contributed by atoms with van der Waals surface area (Å²) in [4.78, 5) is 23.2. The molecule has 0 radical (unpaired) electrons. The Kier molecular flexibility index (Phi) is 4.49. The molecule has 4 nitrogen and oxygen atoms in total. The maximum atomic E-state index is 10.9. The zero-order chi connectivity index (χ0) is 13.0. The fraction of sp³-hybridized carbons (Fsp3) is 0.538. The van der Waals surface area contributed by atoms with Crippen molar-refractivity contribution in [3.05, 3.63) is 24.4 Å². The van der Waals surface area contributed by atoms with Crippen LogP contribution in [0.1, 0.15) is 33.1 Å². The van der Waals surface area contributed by atoms with Gasteiger partial charge in [0.1, 0.15) is 0 Å². The van der Waals surface area contributed by atoms with Gasteiger partial charge in [-0.25, -0.2) is 0 Å². The van der Waals surface area contributed by atoms with Crippen LogP contribution >= 0.6 is 0 Å². The fourth-order valence-corrected chi connectivity index (χ4v) is 1.94. The Hall–Kier alpha value is -1.58. The maximum Gasteiger partial charge on any atom is 0.246 e. The summed E-state index contributed by atoms with van der Waals surface area (Å²) in [6, 6.07) is 0.301. The predicted molar refractivity (Wildman–Crippen MR) is 67.1 cm³/mol. The van der Waals surface area contributed by atoms with Crippen molar-refractivity contribution >= 4 is 11.8 Å². The van der Waals surface area contributed by atoms with Crippen molar-refractivity contribution < 1.29 is 9.59 Å². The van der Waals surface area contributed by atoms with Gasteiger partial charge in [-0.2, -0.15) is 0 Å². The van der Waals surface area contributed by atoms with Crippen LogP contribution in [0.3, 0.4) is 0 Å². The van der Waals surface area contributed by atoms with Crippen molar-refractivity contribution in [2.24, 2.45) is 0 Å². The number of hydrogen-bond acceptors (Lipinski definition) is 2. The number of carbonyl (C=O) groups excluding carboxylic acids is 2. The molecule has 2 aliphatic rings. The van der Waals surface area contributed by atoms with Crippen LogP contribution in [-0.2, 0) is 9.59 Å². The number of carbonyl (C=O) groups is 2. The number of rotatable bonds is 1. The van der Waals surface area contributed by atoms with E-state index >= 15 is 0 Å². The van der Waals surface area contributed by atoms with E-state index in [2.05, 4.69) is 18.5 Å². The lowest BCUT2D eigenvalue weighted by atomic mass is 10.2. The lowest BCUT2D eigenvalue weighted by molar-refractivity contribution is -0.126. The van der Waals surface area contributed by atoms with Gasteiger partial charge in [0.2, 0.25) is 11.8 Å². The van der Waals surface area contributed by atoms with Crippen molar-refractivity contribution in [3.63, 3.8) is 0 Å². The summed E-state index contributed by atoms with van der Waals surface area (Å²) in [5.74, 6) is 0.236. The molecule has 17 heavy (non-hydrogen) atoms. The molecule has 2 fully saturated rings. The topological polar surface area (TPSA) is 49.4 Å². The number of nitrogens with zero attached hydrogens (tertiary/aromatic N) is 1. The van der Waals surface area contributed by atoms with Crippen molar-refractivity contribution in [1.29, 1.82) is 0 Å². The number of hydrogen-bond donors (Lipinski definition) is 1. The lowest BCUT2D eigenvalue weighted by Gasteiger charge is -2.12. The second-order valence-electron chi connectivity index (χ2n) is 4.39. The Morgan fingerprint density at radius 1 is 1.35 bits per heavy atom. The molecule has 0 aromatic heterocycles. The largest absolute Gasteiger partial charge is 0.350 e. The Morgan fingerprint density at radius 3 is 2.18 bits per heavy atom. The summed E-state index contributed by atoms with van der Waals surface area (Å²) in [5.41, 5.74) is 1.68. The molecule has 94 valence electrons. The van der Waals surface area contributed by atoms with Gasteiger partial charge in [-0.15, -0.1) is 0 Å². The first kappa shape index (κ1) is 13.5. The second-order valence-corrected chi connectivity index (χ2v) is 4.39. The van der Waals surface area contributed by atoms with Crippen LogP contribution in [0.5, 0.6) is 0 Å². The summed E-state index contributed by atoms with van der Waals surface area (Å²) in [5, 5.41) is 2.73. The van der Waals surface area contributed by atoms with Gasteiger partial charge in [0, 0.05) is 30.3 Å². The van der Waals surface area contributed by atoms with E-state index in [1.54, 1.807) is 4.90 Å². The normalized spacial score (nSPS) is 23.6. The Labute approximate surface area is 102 Å². The van der Waals surface area contributed by atoms with E-state index in [0.29, 0.717) is 18.0 Å². The standard InChI is InChI=1S/C7H11NO.C6H9NO/c1-3-8-6(2)4-5-7(8)9;1-4-3-5(2)7-6(4)8/h2-5H2,1H3;5H,1,3H2,2H3,(H,7,8).